The van der Waals surface area contributed by atoms with E-state index in [9.17, 15) is 13.2 Å². The van der Waals surface area contributed by atoms with Gasteiger partial charge in [0.05, 0.1) is 16.4 Å². The zero-order chi connectivity index (χ0) is 17.4. The minimum absolute atomic E-state index is 0.153. The van der Waals surface area contributed by atoms with E-state index in [-0.39, 0.29) is 11.9 Å². The summed E-state index contributed by atoms with van der Waals surface area (Å²) in [5.41, 5.74) is 1.39. The van der Waals surface area contributed by atoms with Crippen molar-refractivity contribution in [1.82, 2.24) is 9.80 Å². The van der Waals surface area contributed by atoms with Crippen molar-refractivity contribution in [3.63, 3.8) is 0 Å². The molecule has 7 heteroatoms. The molecule has 1 aliphatic carbocycles. The molecule has 1 aromatic rings. The SMILES string of the molecule is O=C(c1cc2c(s1)CCCCC2)N1CCN([C@@H]2CCS(=O)(=O)C2)CC1. The van der Waals surface area contributed by atoms with Crippen LogP contribution in [0.3, 0.4) is 0 Å². The molecule has 0 N–H and O–H groups in total. The second-order valence-electron chi connectivity index (χ2n) is 7.50. The zero-order valence-electron chi connectivity index (χ0n) is 14.6. The number of rotatable bonds is 2. The molecule has 1 aromatic heterocycles. The van der Waals surface area contributed by atoms with E-state index < -0.39 is 9.84 Å². The quantitative estimate of drug-likeness (QED) is 0.734. The van der Waals surface area contributed by atoms with E-state index in [4.69, 9.17) is 0 Å². The molecule has 5 nitrogen and oxygen atoms in total. The van der Waals surface area contributed by atoms with E-state index in [0.29, 0.717) is 24.6 Å². The van der Waals surface area contributed by atoms with Crippen LogP contribution in [0.2, 0.25) is 0 Å². The molecular weight excluding hydrogens is 356 g/mol. The number of nitrogens with zero attached hydrogens (tertiary/aromatic N) is 2. The monoisotopic (exact) mass is 382 g/mol. The van der Waals surface area contributed by atoms with Crippen molar-refractivity contribution in [3.8, 4) is 0 Å². The van der Waals surface area contributed by atoms with Crippen LogP contribution in [0.25, 0.3) is 0 Å². The predicted octanol–water partition coefficient (Wildman–Crippen LogP) is 1.96. The van der Waals surface area contributed by atoms with Crippen molar-refractivity contribution in [2.24, 2.45) is 0 Å². The summed E-state index contributed by atoms with van der Waals surface area (Å²) in [6.45, 7) is 2.99. The van der Waals surface area contributed by atoms with E-state index in [2.05, 4.69) is 11.0 Å². The van der Waals surface area contributed by atoms with Crippen LogP contribution in [0.15, 0.2) is 6.07 Å². The van der Waals surface area contributed by atoms with Gasteiger partial charge in [-0.15, -0.1) is 11.3 Å². The number of aryl methyl sites for hydroxylation is 2. The number of fused-ring (bicyclic) bond motifs is 1. The summed E-state index contributed by atoms with van der Waals surface area (Å²) in [6, 6.07) is 2.28. The first-order valence-electron chi connectivity index (χ1n) is 9.37. The van der Waals surface area contributed by atoms with Gasteiger partial charge in [0.2, 0.25) is 0 Å². The standard InChI is InChI=1S/C18H26N2O3S2/c21-18(17-12-14-4-2-1-3-5-16(14)24-17)20-9-7-19(8-10-20)15-6-11-25(22,23)13-15/h12,15H,1-11,13H2/t15-/m1/s1. The molecule has 2 saturated heterocycles. The minimum Gasteiger partial charge on any atom is -0.335 e. The van der Waals surface area contributed by atoms with E-state index in [1.807, 2.05) is 4.90 Å². The largest absolute Gasteiger partial charge is 0.335 e. The molecule has 4 rings (SSSR count). The third-order valence-electron chi connectivity index (χ3n) is 5.78. The molecule has 3 aliphatic rings. The summed E-state index contributed by atoms with van der Waals surface area (Å²) in [6.07, 6.45) is 6.75. The van der Waals surface area contributed by atoms with Gasteiger partial charge in [0.15, 0.2) is 9.84 Å². The number of carbonyl (C=O) groups is 1. The number of hydrogen-bond acceptors (Lipinski definition) is 5. The first-order valence-corrected chi connectivity index (χ1v) is 12.0. The molecule has 0 spiro atoms. The predicted molar refractivity (Wildman–Crippen MR) is 100 cm³/mol. The fraction of sp³-hybridized carbons (Fsp3) is 0.722. The lowest BCUT2D eigenvalue weighted by atomic mass is 10.1. The van der Waals surface area contributed by atoms with Crippen LogP contribution in [0, 0.1) is 0 Å². The smallest absolute Gasteiger partial charge is 0.264 e. The Hall–Kier alpha value is -0.920. The maximum absolute atomic E-state index is 12.9. The van der Waals surface area contributed by atoms with E-state index >= 15 is 0 Å². The lowest BCUT2D eigenvalue weighted by Gasteiger charge is -2.37. The van der Waals surface area contributed by atoms with Crippen LogP contribution >= 0.6 is 11.3 Å². The molecule has 2 fully saturated rings. The van der Waals surface area contributed by atoms with Crippen molar-refractivity contribution in [2.45, 2.75) is 44.6 Å². The van der Waals surface area contributed by atoms with Crippen molar-refractivity contribution < 1.29 is 13.2 Å². The Bertz CT molecular complexity index is 725. The lowest BCUT2D eigenvalue weighted by molar-refractivity contribution is 0.0592. The number of amides is 1. The fourth-order valence-corrected chi connectivity index (χ4v) is 7.27. The number of thiophene rings is 1. The highest BCUT2D eigenvalue weighted by Crippen LogP contribution is 2.30. The van der Waals surface area contributed by atoms with Gasteiger partial charge in [-0.25, -0.2) is 8.42 Å². The summed E-state index contributed by atoms with van der Waals surface area (Å²) in [5, 5.41) is 0. The van der Waals surface area contributed by atoms with Crippen LogP contribution in [0.4, 0.5) is 0 Å². The first-order chi connectivity index (χ1) is 12.0. The first kappa shape index (κ1) is 17.5. The summed E-state index contributed by atoms with van der Waals surface area (Å²) < 4.78 is 23.3. The molecule has 0 unspecified atom stereocenters. The highest BCUT2D eigenvalue weighted by atomic mass is 32.2. The van der Waals surface area contributed by atoms with Crippen molar-refractivity contribution in [1.29, 1.82) is 0 Å². The van der Waals surface area contributed by atoms with Crippen molar-refractivity contribution in [2.75, 3.05) is 37.7 Å². The van der Waals surface area contributed by atoms with Gasteiger partial charge in [-0.2, -0.15) is 0 Å². The fourth-order valence-electron chi connectivity index (χ4n) is 4.28. The zero-order valence-corrected chi connectivity index (χ0v) is 16.2. The Kier molecular flexibility index (Phi) is 4.90. The topological polar surface area (TPSA) is 57.7 Å². The molecule has 2 aliphatic heterocycles. The van der Waals surface area contributed by atoms with Crippen molar-refractivity contribution >= 4 is 27.1 Å². The lowest BCUT2D eigenvalue weighted by Crippen LogP contribution is -2.52. The minimum atomic E-state index is -2.84. The molecule has 0 radical (unpaired) electrons. The Morgan fingerprint density at radius 2 is 1.84 bits per heavy atom. The van der Waals surface area contributed by atoms with Gasteiger partial charge >= 0.3 is 0 Å². The van der Waals surface area contributed by atoms with Gasteiger partial charge in [0.25, 0.3) is 5.91 Å². The third kappa shape index (κ3) is 3.78. The van der Waals surface area contributed by atoms with E-state index in [1.165, 1.54) is 29.7 Å². The Morgan fingerprint density at radius 3 is 2.56 bits per heavy atom. The normalized spacial score (nSPS) is 27.0. The number of carbonyl (C=O) groups excluding carboxylic acids is 1. The van der Waals surface area contributed by atoms with Gasteiger partial charge in [-0.1, -0.05) is 6.42 Å². The van der Waals surface area contributed by atoms with E-state index in [1.54, 1.807) is 11.3 Å². The maximum atomic E-state index is 12.9. The molecule has 1 atom stereocenters. The number of sulfone groups is 1. The van der Waals surface area contributed by atoms with E-state index in [0.717, 1.165) is 37.2 Å². The maximum Gasteiger partial charge on any atom is 0.264 e. The Morgan fingerprint density at radius 1 is 1.08 bits per heavy atom. The summed E-state index contributed by atoms with van der Waals surface area (Å²) in [7, 11) is -2.84. The summed E-state index contributed by atoms with van der Waals surface area (Å²) in [5.74, 6) is 0.771. The van der Waals surface area contributed by atoms with Crippen molar-refractivity contribution in [3.05, 3.63) is 21.4 Å². The average Bonchev–Trinajstić information content (AvgIpc) is 3.10. The van der Waals surface area contributed by atoms with Gasteiger partial charge in [-0.05, 0) is 43.7 Å². The third-order valence-corrected chi connectivity index (χ3v) is 8.76. The van der Waals surface area contributed by atoms with Gasteiger partial charge in [0.1, 0.15) is 0 Å². The molecule has 138 valence electrons. The molecule has 3 heterocycles. The number of hydrogen-bond donors (Lipinski definition) is 0. The molecule has 25 heavy (non-hydrogen) atoms. The summed E-state index contributed by atoms with van der Waals surface area (Å²) >= 11 is 1.69. The van der Waals surface area contributed by atoms with Gasteiger partial charge < -0.3 is 4.90 Å². The molecule has 1 amide bonds. The Labute approximate surface area is 153 Å². The highest BCUT2D eigenvalue weighted by molar-refractivity contribution is 7.91. The number of piperazine rings is 1. The second kappa shape index (κ2) is 7.00. The highest BCUT2D eigenvalue weighted by Gasteiger charge is 2.34. The second-order valence-corrected chi connectivity index (χ2v) is 10.9. The van der Waals surface area contributed by atoms with Crippen LogP contribution < -0.4 is 0 Å². The van der Waals surface area contributed by atoms with Crippen LogP contribution in [0.1, 0.15) is 45.8 Å². The van der Waals surface area contributed by atoms with Crippen LogP contribution in [0.5, 0.6) is 0 Å². The molecule has 0 saturated carbocycles. The summed E-state index contributed by atoms with van der Waals surface area (Å²) in [4.78, 5) is 19.4. The molecule has 0 aromatic carbocycles. The van der Waals surface area contributed by atoms with Crippen LogP contribution in [-0.4, -0.2) is 67.9 Å². The van der Waals surface area contributed by atoms with Gasteiger partial charge in [0, 0.05) is 37.1 Å². The average molecular weight is 383 g/mol. The van der Waals surface area contributed by atoms with Gasteiger partial charge in [-0.3, -0.25) is 9.69 Å². The molecular formula is C18H26N2O3S2. The van der Waals surface area contributed by atoms with Crippen LogP contribution in [-0.2, 0) is 22.7 Å². The Balaban J connectivity index is 1.37. The molecule has 0 bridgehead atoms.